The van der Waals surface area contributed by atoms with Crippen LogP contribution in [0.4, 0.5) is 0 Å². The summed E-state index contributed by atoms with van der Waals surface area (Å²) < 4.78 is 0. The van der Waals surface area contributed by atoms with Crippen LogP contribution in [0, 0.1) is 27.7 Å². The minimum Gasteiger partial charge on any atom is -0.241 e. The molecular formula is C14H17NS2. The molecule has 1 aromatic carbocycles. The molecule has 0 fully saturated rings. The van der Waals surface area contributed by atoms with Gasteiger partial charge in [-0.1, -0.05) is 6.07 Å². The largest absolute Gasteiger partial charge is 0.241 e. The van der Waals surface area contributed by atoms with Gasteiger partial charge >= 0.3 is 0 Å². The average molecular weight is 263 g/mol. The van der Waals surface area contributed by atoms with Gasteiger partial charge in [0.15, 0.2) is 0 Å². The molecular weight excluding hydrogens is 246 g/mol. The molecule has 0 atom stereocenters. The van der Waals surface area contributed by atoms with Crippen molar-refractivity contribution >= 4 is 24.0 Å². The van der Waals surface area contributed by atoms with E-state index in [0.29, 0.717) is 0 Å². The van der Waals surface area contributed by atoms with E-state index in [1.807, 2.05) is 0 Å². The van der Waals surface area contributed by atoms with Crippen LogP contribution in [0.2, 0.25) is 0 Å². The zero-order valence-corrected chi connectivity index (χ0v) is 12.4. The number of rotatable bonds is 2. The van der Waals surface area contributed by atoms with E-state index in [2.05, 4.69) is 57.4 Å². The second kappa shape index (κ2) is 4.83. The minimum atomic E-state index is 0.771. The second-order valence-electron chi connectivity index (χ2n) is 4.44. The first-order valence-corrected chi connectivity index (χ1v) is 7.13. The van der Waals surface area contributed by atoms with Crippen LogP contribution in [0.25, 0.3) is 10.6 Å². The van der Waals surface area contributed by atoms with Crippen molar-refractivity contribution in [3.8, 4) is 10.6 Å². The highest BCUT2D eigenvalue weighted by atomic mass is 32.1. The molecule has 0 amide bonds. The van der Waals surface area contributed by atoms with Crippen LogP contribution >= 0.6 is 24.0 Å². The molecule has 1 heterocycles. The summed E-state index contributed by atoms with van der Waals surface area (Å²) in [7, 11) is 0. The third-order valence-corrected chi connectivity index (χ3v) is 4.83. The number of aryl methyl sites for hydroxylation is 4. The van der Waals surface area contributed by atoms with E-state index < -0.39 is 0 Å². The fraction of sp³-hybridized carbons (Fsp3) is 0.357. The summed E-state index contributed by atoms with van der Waals surface area (Å²) in [5, 5.41) is 1.12. The Morgan fingerprint density at radius 1 is 1.06 bits per heavy atom. The smallest absolute Gasteiger partial charge is 0.124 e. The zero-order chi connectivity index (χ0) is 12.6. The summed E-state index contributed by atoms with van der Waals surface area (Å²) in [5.74, 6) is 0.771. The maximum atomic E-state index is 4.65. The number of hydrogen-bond acceptors (Lipinski definition) is 3. The second-order valence-corrected chi connectivity index (χ2v) is 5.84. The number of aromatic nitrogens is 1. The summed E-state index contributed by atoms with van der Waals surface area (Å²) in [4.78, 5) is 5.92. The van der Waals surface area contributed by atoms with Gasteiger partial charge in [0.25, 0.3) is 0 Å². The summed E-state index contributed by atoms with van der Waals surface area (Å²) in [6, 6.07) is 4.48. The molecule has 0 unspecified atom stereocenters. The maximum Gasteiger partial charge on any atom is 0.124 e. The lowest BCUT2D eigenvalue weighted by atomic mass is 10.0. The van der Waals surface area contributed by atoms with Gasteiger partial charge in [0.1, 0.15) is 5.01 Å². The Balaban J connectivity index is 2.56. The van der Waals surface area contributed by atoms with Crippen molar-refractivity contribution in [2.75, 3.05) is 0 Å². The summed E-state index contributed by atoms with van der Waals surface area (Å²) in [6.45, 7) is 8.51. The average Bonchev–Trinajstić information content (AvgIpc) is 2.65. The van der Waals surface area contributed by atoms with Crippen LogP contribution in [0.1, 0.15) is 27.3 Å². The number of thiol groups is 1. The van der Waals surface area contributed by atoms with E-state index in [0.717, 1.165) is 16.5 Å². The molecule has 0 saturated heterocycles. The van der Waals surface area contributed by atoms with Gasteiger partial charge in [-0.15, -0.1) is 11.3 Å². The van der Waals surface area contributed by atoms with E-state index in [9.17, 15) is 0 Å². The Labute approximate surface area is 112 Å². The number of nitrogens with zero attached hydrogens (tertiary/aromatic N) is 1. The Hall–Kier alpha value is -0.800. The molecule has 3 heteroatoms. The topological polar surface area (TPSA) is 12.9 Å². The van der Waals surface area contributed by atoms with E-state index in [1.165, 1.54) is 27.1 Å². The Morgan fingerprint density at radius 2 is 1.71 bits per heavy atom. The molecule has 0 N–H and O–H groups in total. The predicted octanol–water partition coefficient (Wildman–Crippen LogP) is 4.47. The van der Waals surface area contributed by atoms with Gasteiger partial charge in [-0.05, 0) is 50.5 Å². The SMILES string of the molecule is Cc1cc(C)c(-c2nc(C)c(CS)s2)cc1C. The quantitative estimate of drug-likeness (QED) is 0.789. The Kier molecular flexibility index (Phi) is 3.59. The number of hydrogen-bond donors (Lipinski definition) is 1. The molecule has 0 aliphatic carbocycles. The molecule has 17 heavy (non-hydrogen) atoms. The molecule has 2 rings (SSSR count). The number of thiazole rings is 1. The van der Waals surface area contributed by atoms with E-state index in [4.69, 9.17) is 0 Å². The first-order chi connectivity index (χ1) is 8.02. The molecule has 1 aromatic heterocycles. The van der Waals surface area contributed by atoms with Gasteiger partial charge in [-0.3, -0.25) is 0 Å². The van der Waals surface area contributed by atoms with E-state index in [1.54, 1.807) is 11.3 Å². The van der Waals surface area contributed by atoms with E-state index >= 15 is 0 Å². The molecule has 0 aliphatic heterocycles. The minimum absolute atomic E-state index is 0.771. The lowest BCUT2D eigenvalue weighted by Crippen LogP contribution is -1.88. The normalized spacial score (nSPS) is 10.9. The monoisotopic (exact) mass is 263 g/mol. The standard InChI is InChI=1S/C14H17NS2/c1-8-5-10(3)12(6-9(8)2)14-15-11(4)13(7-16)17-14/h5-6,16H,7H2,1-4H3. The van der Waals surface area contributed by atoms with Crippen molar-refractivity contribution in [3.63, 3.8) is 0 Å². The van der Waals surface area contributed by atoms with Gasteiger partial charge < -0.3 is 0 Å². The van der Waals surface area contributed by atoms with Gasteiger partial charge in [0.05, 0.1) is 5.69 Å². The summed E-state index contributed by atoms with van der Waals surface area (Å²) in [6.07, 6.45) is 0. The van der Waals surface area contributed by atoms with Crippen molar-refractivity contribution in [1.29, 1.82) is 0 Å². The highest BCUT2D eigenvalue weighted by Gasteiger charge is 2.11. The van der Waals surface area contributed by atoms with Gasteiger partial charge in [0, 0.05) is 16.2 Å². The fourth-order valence-corrected chi connectivity index (χ4v) is 3.31. The van der Waals surface area contributed by atoms with Crippen molar-refractivity contribution in [2.24, 2.45) is 0 Å². The third kappa shape index (κ3) is 2.40. The van der Waals surface area contributed by atoms with Crippen LogP contribution in [0.15, 0.2) is 12.1 Å². The first kappa shape index (κ1) is 12.7. The van der Waals surface area contributed by atoms with Crippen LogP contribution in [-0.4, -0.2) is 4.98 Å². The number of benzene rings is 1. The molecule has 0 aliphatic rings. The molecule has 90 valence electrons. The van der Waals surface area contributed by atoms with E-state index in [-0.39, 0.29) is 0 Å². The van der Waals surface area contributed by atoms with Crippen molar-refractivity contribution in [2.45, 2.75) is 33.4 Å². The highest BCUT2D eigenvalue weighted by Crippen LogP contribution is 2.32. The summed E-state index contributed by atoms with van der Waals surface area (Å²) >= 11 is 6.09. The third-order valence-electron chi connectivity index (χ3n) is 3.11. The van der Waals surface area contributed by atoms with Crippen LogP contribution in [0.3, 0.4) is 0 Å². The first-order valence-electron chi connectivity index (χ1n) is 5.68. The lowest BCUT2D eigenvalue weighted by molar-refractivity contribution is 1.21. The van der Waals surface area contributed by atoms with Gasteiger partial charge in [-0.25, -0.2) is 4.98 Å². The highest BCUT2D eigenvalue weighted by molar-refractivity contribution is 7.79. The Bertz CT molecular complexity index is 556. The van der Waals surface area contributed by atoms with Crippen LogP contribution in [-0.2, 0) is 5.75 Å². The summed E-state index contributed by atoms with van der Waals surface area (Å²) in [5.41, 5.74) is 6.33. The molecule has 0 saturated carbocycles. The van der Waals surface area contributed by atoms with Crippen molar-refractivity contribution in [1.82, 2.24) is 4.98 Å². The molecule has 0 radical (unpaired) electrons. The maximum absolute atomic E-state index is 4.65. The van der Waals surface area contributed by atoms with Crippen molar-refractivity contribution < 1.29 is 0 Å². The lowest BCUT2D eigenvalue weighted by Gasteiger charge is -2.07. The molecule has 0 spiro atoms. The Morgan fingerprint density at radius 3 is 2.29 bits per heavy atom. The predicted molar refractivity (Wildman–Crippen MR) is 79.2 cm³/mol. The molecule has 2 aromatic rings. The van der Waals surface area contributed by atoms with Crippen LogP contribution < -0.4 is 0 Å². The van der Waals surface area contributed by atoms with Crippen molar-refractivity contribution in [3.05, 3.63) is 39.4 Å². The van der Waals surface area contributed by atoms with Gasteiger partial charge in [0.2, 0.25) is 0 Å². The fourth-order valence-electron chi connectivity index (χ4n) is 1.88. The van der Waals surface area contributed by atoms with Gasteiger partial charge in [-0.2, -0.15) is 12.6 Å². The zero-order valence-electron chi connectivity index (χ0n) is 10.7. The molecule has 0 bridgehead atoms. The molecule has 1 nitrogen and oxygen atoms in total. The van der Waals surface area contributed by atoms with Crippen LogP contribution in [0.5, 0.6) is 0 Å².